The molecule has 0 radical (unpaired) electrons. The lowest BCUT2D eigenvalue weighted by Crippen LogP contribution is -2.51. The van der Waals surface area contributed by atoms with Crippen LogP contribution in [0.5, 0.6) is 11.5 Å². The van der Waals surface area contributed by atoms with Gasteiger partial charge in [-0.2, -0.15) is 0 Å². The summed E-state index contributed by atoms with van der Waals surface area (Å²) in [5.74, 6) is 2.86. The quantitative estimate of drug-likeness (QED) is 0.281. The van der Waals surface area contributed by atoms with Crippen LogP contribution in [0.4, 0.5) is 0 Å². The molecular formula is C23H39IN4O3. The maximum atomic E-state index is 12.6. The van der Waals surface area contributed by atoms with Gasteiger partial charge >= 0.3 is 0 Å². The third kappa shape index (κ3) is 8.74. The molecule has 2 N–H and O–H groups in total. The number of rotatable bonds is 9. The second-order valence-corrected chi connectivity index (χ2v) is 7.81. The monoisotopic (exact) mass is 546 g/mol. The Morgan fingerprint density at radius 3 is 2.26 bits per heavy atom. The Bertz CT molecular complexity index is 672. The number of guanidine groups is 1. The first kappa shape index (κ1) is 27.3. The van der Waals surface area contributed by atoms with Gasteiger partial charge in [0.2, 0.25) is 5.91 Å². The number of benzene rings is 1. The van der Waals surface area contributed by atoms with Gasteiger partial charge in [-0.1, -0.05) is 13.8 Å². The summed E-state index contributed by atoms with van der Waals surface area (Å²) in [5, 5.41) is 6.82. The number of hydrogen-bond acceptors (Lipinski definition) is 4. The number of likely N-dealkylation sites (tertiary alicyclic amines) is 1. The molecule has 1 atom stereocenters. The van der Waals surface area contributed by atoms with Gasteiger partial charge in [0.15, 0.2) is 5.96 Å². The van der Waals surface area contributed by atoms with E-state index in [2.05, 4.69) is 29.5 Å². The van der Waals surface area contributed by atoms with E-state index < -0.39 is 0 Å². The predicted molar refractivity (Wildman–Crippen MR) is 137 cm³/mol. The summed E-state index contributed by atoms with van der Waals surface area (Å²) in [6.07, 6.45) is 3.69. The van der Waals surface area contributed by atoms with Crippen molar-refractivity contribution in [3.05, 3.63) is 24.3 Å². The number of nitrogens with zero attached hydrogens (tertiary/aromatic N) is 2. The van der Waals surface area contributed by atoms with E-state index in [1.807, 2.05) is 36.1 Å². The molecule has 0 bridgehead atoms. The van der Waals surface area contributed by atoms with Crippen molar-refractivity contribution < 1.29 is 14.3 Å². The third-order valence-corrected chi connectivity index (χ3v) is 5.66. The molecule has 1 fully saturated rings. The molecular weight excluding hydrogens is 507 g/mol. The molecule has 1 unspecified atom stereocenters. The third-order valence-electron chi connectivity index (χ3n) is 5.66. The fourth-order valence-corrected chi connectivity index (χ4v) is 3.70. The largest absolute Gasteiger partial charge is 0.497 e. The van der Waals surface area contributed by atoms with Gasteiger partial charge in [0.05, 0.1) is 13.7 Å². The zero-order chi connectivity index (χ0) is 21.9. The van der Waals surface area contributed by atoms with Gasteiger partial charge in [-0.25, -0.2) is 0 Å². The highest BCUT2D eigenvalue weighted by Crippen LogP contribution is 2.19. The standard InChI is InChI=1S/C23H38N4O3.HI/c1-6-18(7-2)22(28)27-14-12-19(13-15-27)26-23(24-4)25-16-17(3)30-21-10-8-20(29-5)9-11-21;/h8-11,17-19H,6-7,12-16H2,1-5H3,(H2,24,25,26);1H. The van der Waals surface area contributed by atoms with Crippen LogP contribution >= 0.6 is 24.0 Å². The maximum Gasteiger partial charge on any atom is 0.225 e. The smallest absolute Gasteiger partial charge is 0.225 e. The molecule has 1 amide bonds. The number of carbonyl (C=O) groups excluding carboxylic acids is 1. The summed E-state index contributed by atoms with van der Waals surface area (Å²) < 4.78 is 11.1. The molecule has 31 heavy (non-hydrogen) atoms. The summed E-state index contributed by atoms with van der Waals surface area (Å²) in [4.78, 5) is 18.9. The summed E-state index contributed by atoms with van der Waals surface area (Å²) in [7, 11) is 3.42. The summed E-state index contributed by atoms with van der Waals surface area (Å²) in [6, 6.07) is 7.89. The van der Waals surface area contributed by atoms with Crippen LogP contribution in [0.15, 0.2) is 29.3 Å². The molecule has 176 valence electrons. The van der Waals surface area contributed by atoms with Gasteiger partial charge in [-0.05, 0) is 56.9 Å². The summed E-state index contributed by atoms with van der Waals surface area (Å²) in [6.45, 7) is 8.46. The topological polar surface area (TPSA) is 75.2 Å². The highest BCUT2D eigenvalue weighted by molar-refractivity contribution is 14.0. The SMILES string of the molecule is CCC(CC)C(=O)N1CCC(NC(=NC)NCC(C)Oc2ccc(OC)cc2)CC1.I. The van der Waals surface area contributed by atoms with E-state index in [9.17, 15) is 4.79 Å². The Kier molecular flexibility index (Phi) is 12.7. The zero-order valence-corrected chi connectivity index (χ0v) is 21.8. The van der Waals surface area contributed by atoms with E-state index in [1.54, 1.807) is 14.2 Å². The van der Waals surface area contributed by atoms with E-state index in [0.29, 0.717) is 18.5 Å². The molecule has 1 aromatic carbocycles. The predicted octanol–water partition coefficient (Wildman–Crippen LogP) is 3.67. The minimum Gasteiger partial charge on any atom is -0.497 e. The average molecular weight is 546 g/mol. The molecule has 1 aliphatic heterocycles. The zero-order valence-electron chi connectivity index (χ0n) is 19.5. The number of piperidine rings is 1. The van der Waals surface area contributed by atoms with Crippen molar-refractivity contribution in [2.24, 2.45) is 10.9 Å². The van der Waals surface area contributed by atoms with Gasteiger partial charge in [0, 0.05) is 32.1 Å². The van der Waals surface area contributed by atoms with E-state index >= 15 is 0 Å². The van der Waals surface area contributed by atoms with Gasteiger partial charge in [-0.3, -0.25) is 9.79 Å². The average Bonchev–Trinajstić information content (AvgIpc) is 2.78. The Morgan fingerprint density at radius 2 is 1.74 bits per heavy atom. The second-order valence-electron chi connectivity index (χ2n) is 7.81. The molecule has 8 heteroatoms. The highest BCUT2D eigenvalue weighted by atomic mass is 127. The molecule has 7 nitrogen and oxygen atoms in total. The lowest BCUT2D eigenvalue weighted by molar-refractivity contribution is -0.136. The molecule has 0 saturated carbocycles. The van der Waals surface area contributed by atoms with Crippen molar-refractivity contribution in [3.63, 3.8) is 0 Å². The van der Waals surface area contributed by atoms with Crippen LogP contribution in [0.1, 0.15) is 46.5 Å². The Balaban J connectivity index is 0.00000480. The second kappa shape index (κ2) is 14.4. The number of halogens is 1. The van der Waals surface area contributed by atoms with Crippen LogP contribution in [-0.2, 0) is 4.79 Å². The van der Waals surface area contributed by atoms with E-state index in [4.69, 9.17) is 9.47 Å². The normalized spacial score (nSPS) is 15.8. The van der Waals surface area contributed by atoms with Gasteiger partial charge < -0.3 is 25.0 Å². The summed E-state index contributed by atoms with van der Waals surface area (Å²) >= 11 is 0. The molecule has 0 spiro atoms. The number of carbonyl (C=O) groups is 1. The first-order valence-electron chi connectivity index (χ1n) is 11.1. The van der Waals surface area contributed by atoms with Gasteiger partial charge in [-0.15, -0.1) is 24.0 Å². The molecule has 0 aromatic heterocycles. The Labute approximate surface area is 204 Å². The molecule has 1 aliphatic rings. The van der Waals surface area contributed by atoms with Crippen molar-refractivity contribution in [2.75, 3.05) is 33.8 Å². The van der Waals surface area contributed by atoms with Crippen molar-refractivity contribution >= 4 is 35.8 Å². The van der Waals surface area contributed by atoms with Crippen LogP contribution in [0, 0.1) is 5.92 Å². The maximum absolute atomic E-state index is 12.6. The fourth-order valence-electron chi connectivity index (χ4n) is 3.70. The van der Waals surface area contributed by atoms with Crippen molar-refractivity contribution in [1.82, 2.24) is 15.5 Å². The van der Waals surface area contributed by atoms with Crippen LogP contribution in [0.2, 0.25) is 0 Å². The van der Waals surface area contributed by atoms with Crippen molar-refractivity contribution in [3.8, 4) is 11.5 Å². The highest BCUT2D eigenvalue weighted by Gasteiger charge is 2.26. The van der Waals surface area contributed by atoms with Crippen LogP contribution in [-0.4, -0.2) is 62.7 Å². The number of aliphatic imine (C=N–C) groups is 1. The number of amides is 1. The van der Waals surface area contributed by atoms with E-state index in [1.165, 1.54) is 0 Å². The van der Waals surface area contributed by atoms with Crippen LogP contribution in [0.25, 0.3) is 0 Å². The first-order valence-corrected chi connectivity index (χ1v) is 11.1. The Morgan fingerprint density at radius 1 is 1.16 bits per heavy atom. The number of hydrogen-bond donors (Lipinski definition) is 2. The minimum atomic E-state index is -0.0172. The number of methoxy groups -OCH3 is 1. The summed E-state index contributed by atoms with van der Waals surface area (Å²) in [5.41, 5.74) is 0. The molecule has 1 heterocycles. The number of ether oxygens (including phenoxy) is 2. The van der Waals surface area contributed by atoms with E-state index in [0.717, 1.165) is 56.2 Å². The molecule has 0 aliphatic carbocycles. The first-order chi connectivity index (χ1) is 14.5. The molecule has 1 saturated heterocycles. The minimum absolute atomic E-state index is 0. The van der Waals surface area contributed by atoms with Crippen LogP contribution in [0.3, 0.4) is 0 Å². The Hall–Kier alpha value is -1.71. The molecule has 1 aromatic rings. The van der Waals surface area contributed by atoms with Gasteiger partial charge in [0.1, 0.15) is 17.6 Å². The molecule has 2 rings (SSSR count). The van der Waals surface area contributed by atoms with E-state index in [-0.39, 0.29) is 36.0 Å². The number of nitrogens with one attached hydrogen (secondary N) is 2. The fraction of sp³-hybridized carbons (Fsp3) is 0.652. The lowest BCUT2D eigenvalue weighted by Gasteiger charge is -2.35. The van der Waals surface area contributed by atoms with Crippen molar-refractivity contribution in [2.45, 2.75) is 58.6 Å². The van der Waals surface area contributed by atoms with Crippen LogP contribution < -0.4 is 20.1 Å². The lowest BCUT2D eigenvalue weighted by atomic mass is 9.98. The van der Waals surface area contributed by atoms with Gasteiger partial charge in [0.25, 0.3) is 0 Å². The van der Waals surface area contributed by atoms with Crippen molar-refractivity contribution in [1.29, 1.82) is 0 Å².